The number of nitrogens with one attached hydrogen (secondary N) is 2. The maximum Gasteiger partial charge on any atom is 0.313 e. The van der Waals surface area contributed by atoms with E-state index in [9.17, 15) is 14.0 Å². The van der Waals surface area contributed by atoms with Crippen LogP contribution in [0.4, 0.5) is 10.1 Å². The molecule has 2 heterocycles. The molecule has 0 aliphatic carbocycles. The number of anilines is 1. The molecule has 2 N–H and O–H groups in total. The number of aromatic amines is 1. The van der Waals surface area contributed by atoms with Gasteiger partial charge in [-0.2, -0.15) is 5.10 Å². The number of benzene rings is 1. The maximum absolute atomic E-state index is 13.2. The second kappa shape index (κ2) is 7.46. The standard InChI is InChI=1S/C18H21FN4O2/c1-2-12-10-20-22-16(12)13-5-4-8-23(11-13)18(25)17(24)21-15-7-3-6-14(19)9-15/h3,6-7,9-10,13H,2,4-5,8,11H2,1H3,(H,20,22)(H,21,24)/t13-/m0/s1. The number of rotatable bonds is 3. The molecule has 1 saturated heterocycles. The molecule has 1 aliphatic rings. The van der Waals surface area contributed by atoms with Crippen molar-refractivity contribution < 1.29 is 14.0 Å². The number of piperidine rings is 1. The van der Waals surface area contributed by atoms with Gasteiger partial charge in [-0.05, 0) is 43.0 Å². The van der Waals surface area contributed by atoms with Crippen LogP contribution < -0.4 is 5.32 Å². The number of hydrogen-bond acceptors (Lipinski definition) is 3. The van der Waals surface area contributed by atoms with Gasteiger partial charge in [-0.15, -0.1) is 0 Å². The van der Waals surface area contributed by atoms with Crippen molar-refractivity contribution in [3.63, 3.8) is 0 Å². The van der Waals surface area contributed by atoms with Crippen LogP contribution in [-0.4, -0.2) is 40.0 Å². The fraction of sp³-hybridized carbons (Fsp3) is 0.389. The van der Waals surface area contributed by atoms with Gasteiger partial charge < -0.3 is 10.2 Å². The summed E-state index contributed by atoms with van der Waals surface area (Å²) in [6.07, 6.45) is 4.46. The van der Waals surface area contributed by atoms with E-state index in [0.29, 0.717) is 13.1 Å². The van der Waals surface area contributed by atoms with E-state index in [4.69, 9.17) is 0 Å². The van der Waals surface area contributed by atoms with Crippen LogP contribution in [0.3, 0.4) is 0 Å². The van der Waals surface area contributed by atoms with Crippen LogP contribution in [0.5, 0.6) is 0 Å². The highest BCUT2D eigenvalue weighted by molar-refractivity contribution is 6.39. The van der Waals surface area contributed by atoms with Crippen molar-refractivity contribution in [2.75, 3.05) is 18.4 Å². The van der Waals surface area contributed by atoms with E-state index in [1.54, 1.807) is 11.0 Å². The van der Waals surface area contributed by atoms with Gasteiger partial charge in [0, 0.05) is 30.4 Å². The van der Waals surface area contributed by atoms with Crippen molar-refractivity contribution >= 4 is 17.5 Å². The van der Waals surface area contributed by atoms with Crippen LogP contribution in [-0.2, 0) is 16.0 Å². The molecular formula is C18H21FN4O2. The molecule has 25 heavy (non-hydrogen) atoms. The van der Waals surface area contributed by atoms with Gasteiger partial charge in [-0.1, -0.05) is 13.0 Å². The summed E-state index contributed by atoms with van der Waals surface area (Å²) in [6, 6.07) is 5.49. The lowest BCUT2D eigenvalue weighted by molar-refractivity contribution is -0.144. The van der Waals surface area contributed by atoms with Gasteiger partial charge in [-0.3, -0.25) is 14.7 Å². The summed E-state index contributed by atoms with van der Waals surface area (Å²) in [7, 11) is 0. The largest absolute Gasteiger partial charge is 0.334 e. The van der Waals surface area contributed by atoms with Crippen molar-refractivity contribution in [3.05, 3.63) is 47.5 Å². The number of hydrogen-bond donors (Lipinski definition) is 2. The SMILES string of the molecule is CCc1cn[nH]c1[C@H]1CCCN(C(=O)C(=O)Nc2cccc(F)c2)C1. The first-order chi connectivity index (χ1) is 12.1. The molecule has 0 radical (unpaired) electrons. The fourth-order valence-electron chi connectivity index (χ4n) is 3.25. The van der Waals surface area contributed by atoms with Gasteiger partial charge in [0.15, 0.2) is 0 Å². The van der Waals surface area contributed by atoms with E-state index in [0.717, 1.165) is 30.5 Å². The monoisotopic (exact) mass is 344 g/mol. The summed E-state index contributed by atoms with van der Waals surface area (Å²) in [6.45, 7) is 3.08. The molecule has 132 valence electrons. The molecule has 1 aromatic heterocycles. The number of aryl methyl sites for hydroxylation is 1. The van der Waals surface area contributed by atoms with E-state index in [2.05, 4.69) is 22.4 Å². The van der Waals surface area contributed by atoms with E-state index < -0.39 is 17.6 Å². The molecule has 2 amide bonds. The number of aromatic nitrogens is 2. The summed E-state index contributed by atoms with van der Waals surface area (Å²) < 4.78 is 13.2. The van der Waals surface area contributed by atoms with E-state index in [-0.39, 0.29) is 11.6 Å². The smallest absolute Gasteiger partial charge is 0.313 e. The minimum absolute atomic E-state index is 0.150. The quantitative estimate of drug-likeness (QED) is 0.840. The van der Waals surface area contributed by atoms with Crippen molar-refractivity contribution in [2.45, 2.75) is 32.1 Å². The average Bonchev–Trinajstić information content (AvgIpc) is 3.10. The number of carbonyl (C=O) groups excluding carboxylic acids is 2. The Hall–Kier alpha value is -2.70. The zero-order chi connectivity index (χ0) is 17.8. The molecule has 1 atom stereocenters. The first-order valence-electron chi connectivity index (χ1n) is 8.46. The van der Waals surface area contributed by atoms with Crippen molar-refractivity contribution in [2.24, 2.45) is 0 Å². The van der Waals surface area contributed by atoms with Gasteiger partial charge in [-0.25, -0.2) is 4.39 Å². The van der Waals surface area contributed by atoms with E-state index in [1.165, 1.54) is 18.2 Å². The number of carbonyl (C=O) groups is 2. The number of likely N-dealkylation sites (tertiary alicyclic amines) is 1. The Balaban J connectivity index is 1.66. The maximum atomic E-state index is 13.2. The molecular weight excluding hydrogens is 323 g/mol. The number of halogens is 1. The minimum atomic E-state index is -0.744. The summed E-state index contributed by atoms with van der Waals surface area (Å²) >= 11 is 0. The molecule has 3 rings (SSSR count). The second-order valence-electron chi connectivity index (χ2n) is 6.22. The van der Waals surface area contributed by atoms with Gasteiger partial charge in [0.2, 0.25) is 0 Å². The van der Waals surface area contributed by atoms with Crippen LogP contribution in [0.2, 0.25) is 0 Å². The van der Waals surface area contributed by atoms with Crippen LogP contribution >= 0.6 is 0 Å². The molecule has 0 spiro atoms. The van der Waals surface area contributed by atoms with Gasteiger partial charge in [0.05, 0.1) is 6.20 Å². The molecule has 0 unspecified atom stereocenters. The summed E-state index contributed by atoms with van der Waals surface area (Å²) in [5, 5.41) is 9.59. The van der Waals surface area contributed by atoms with Crippen molar-refractivity contribution in [3.8, 4) is 0 Å². The molecule has 0 saturated carbocycles. The summed E-state index contributed by atoms with van der Waals surface area (Å²) in [5.74, 6) is -1.65. The van der Waals surface area contributed by atoms with E-state index in [1.807, 2.05) is 6.20 Å². The zero-order valence-corrected chi connectivity index (χ0v) is 14.1. The van der Waals surface area contributed by atoms with Crippen molar-refractivity contribution in [1.29, 1.82) is 0 Å². The molecule has 7 heteroatoms. The number of nitrogens with zero attached hydrogens (tertiary/aromatic N) is 2. The van der Waals surface area contributed by atoms with Crippen LogP contribution in [0.1, 0.15) is 36.9 Å². The lowest BCUT2D eigenvalue weighted by atomic mass is 9.92. The molecule has 0 bridgehead atoms. The molecule has 1 fully saturated rings. The van der Waals surface area contributed by atoms with E-state index >= 15 is 0 Å². The summed E-state index contributed by atoms with van der Waals surface area (Å²) in [5.41, 5.74) is 2.46. The highest BCUT2D eigenvalue weighted by Crippen LogP contribution is 2.28. The third-order valence-corrected chi connectivity index (χ3v) is 4.53. The fourth-order valence-corrected chi connectivity index (χ4v) is 3.25. The third-order valence-electron chi connectivity index (χ3n) is 4.53. The van der Waals surface area contributed by atoms with Crippen LogP contribution in [0.15, 0.2) is 30.5 Å². The Morgan fingerprint density at radius 1 is 1.44 bits per heavy atom. The lowest BCUT2D eigenvalue weighted by Crippen LogP contribution is -2.44. The molecule has 1 aliphatic heterocycles. The molecule has 6 nitrogen and oxygen atoms in total. The zero-order valence-electron chi connectivity index (χ0n) is 14.1. The average molecular weight is 344 g/mol. The predicted octanol–water partition coefficient (Wildman–Crippen LogP) is 2.46. The molecule has 2 aromatic rings. The first-order valence-corrected chi connectivity index (χ1v) is 8.46. The topological polar surface area (TPSA) is 78.1 Å². The minimum Gasteiger partial charge on any atom is -0.334 e. The Labute approximate surface area is 145 Å². The Kier molecular flexibility index (Phi) is 5.11. The Bertz CT molecular complexity index is 774. The highest BCUT2D eigenvalue weighted by Gasteiger charge is 2.30. The second-order valence-corrected chi connectivity index (χ2v) is 6.22. The number of H-pyrrole nitrogens is 1. The summed E-state index contributed by atoms with van der Waals surface area (Å²) in [4.78, 5) is 26.2. The lowest BCUT2D eigenvalue weighted by Gasteiger charge is -2.32. The highest BCUT2D eigenvalue weighted by atomic mass is 19.1. The normalized spacial score (nSPS) is 17.4. The van der Waals surface area contributed by atoms with Crippen LogP contribution in [0, 0.1) is 5.82 Å². The van der Waals surface area contributed by atoms with Crippen LogP contribution in [0.25, 0.3) is 0 Å². The number of amides is 2. The predicted molar refractivity (Wildman–Crippen MR) is 91.6 cm³/mol. The first kappa shape index (κ1) is 17.1. The van der Waals surface area contributed by atoms with Gasteiger partial charge in [0.25, 0.3) is 0 Å². The Morgan fingerprint density at radius 2 is 2.28 bits per heavy atom. The molecule has 1 aromatic carbocycles. The Morgan fingerprint density at radius 3 is 3.04 bits per heavy atom. The van der Waals surface area contributed by atoms with Gasteiger partial charge >= 0.3 is 11.8 Å². The van der Waals surface area contributed by atoms with Gasteiger partial charge in [0.1, 0.15) is 5.82 Å². The third kappa shape index (κ3) is 3.87. The van der Waals surface area contributed by atoms with Crippen molar-refractivity contribution in [1.82, 2.24) is 15.1 Å².